The monoisotopic (exact) mass is 185 g/mol. The number of hydrogen-bond acceptors (Lipinski definition) is 1. The van der Waals surface area contributed by atoms with Gasteiger partial charge in [0, 0.05) is 0 Å². The topological polar surface area (TPSA) is 23.8 Å². The lowest BCUT2D eigenvalue weighted by atomic mass is 10.2. The molecule has 0 spiro atoms. The van der Waals surface area contributed by atoms with Gasteiger partial charge in [0.15, 0.2) is 0 Å². The van der Waals surface area contributed by atoms with Crippen LogP contribution in [0.15, 0.2) is 24.3 Å². The predicted octanol–water partition coefficient (Wildman–Crippen LogP) is 2.70. The van der Waals surface area contributed by atoms with Crippen LogP contribution in [0.5, 0.6) is 0 Å². The fourth-order valence-electron chi connectivity index (χ4n) is 0.552. The molecule has 0 amide bonds. The van der Waals surface area contributed by atoms with E-state index in [0.29, 0.717) is 10.6 Å². The van der Waals surface area contributed by atoms with Gasteiger partial charge in [-0.25, -0.2) is 0 Å². The lowest BCUT2D eigenvalue weighted by Crippen LogP contribution is -1.71. The van der Waals surface area contributed by atoms with Crippen LogP contribution in [0.4, 0.5) is 0 Å². The first kappa shape index (κ1) is 10.4. The third-order valence-electron chi connectivity index (χ3n) is 0.994. The van der Waals surface area contributed by atoms with Crippen LogP contribution in [-0.2, 0) is 0 Å². The van der Waals surface area contributed by atoms with Gasteiger partial charge in [-0.2, -0.15) is 5.26 Å². The average Bonchev–Trinajstić information content (AvgIpc) is 2.09. The van der Waals surface area contributed by atoms with Crippen LogP contribution in [0.1, 0.15) is 5.56 Å². The van der Waals surface area contributed by atoms with Gasteiger partial charge in [0.05, 0.1) is 10.6 Å². The number of nitriles is 1. The Kier molecular flexibility index (Phi) is 5.84. The zero-order valence-electron chi connectivity index (χ0n) is 6.21. The molecule has 0 fully saturated rings. The molecule has 1 atom stereocenters. The van der Waals surface area contributed by atoms with E-state index in [9.17, 15) is 0 Å². The van der Waals surface area contributed by atoms with Crippen molar-refractivity contribution in [3.8, 4) is 6.07 Å². The molecule has 3 heteroatoms. The van der Waals surface area contributed by atoms with E-state index in [4.69, 9.17) is 16.9 Å². The van der Waals surface area contributed by atoms with Crippen LogP contribution in [0, 0.1) is 11.3 Å². The van der Waals surface area contributed by atoms with Crippen LogP contribution in [-0.4, -0.2) is 6.66 Å². The van der Waals surface area contributed by atoms with Gasteiger partial charge in [0.2, 0.25) is 0 Å². The minimum atomic E-state index is 0.514. The van der Waals surface area contributed by atoms with Crippen LogP contribution in [0.25, 0.3) is 0 Å². The van der Waals surface area contributed by atoms with Crippen molar-refractivity contribution in [1.29, 1.82) is 5.26 Å². The lowest BCUT2D eigenvalue weighted by Gasteiger charge is -1.88. The Morgan fingerprint density at radius 2 is 1.91 bits per heavy atom. The van der Waals surface area contributed by atoms with Crippen molar-refractivity contribution in [2.24, 2.45) is 0 Å². The number of nitrogens with zero attached hydrogens (tertiary/aromatic N) is 1. The molecule has 0 aliphatic carbocycles. The van der Waals surface area contributed by atoms with Gasteiger partial charge in [-0.05, 0) is 12.1 Å². The summed E-state index contributed by atoms with van der Waals surface area (Å²) < 4.78 is 0. The van der Waals surface area contributed by atoms with E-state index < -0.39 is 0 Å². The molecule has 1 aromatic carbocycles. The van der Waals surface area contributed by atoms with E-state index in [2.05, 4.69) is 9.24 Å². The number of hydrogen-bond donors (Lipinski definition) is 0. The molecule has 11 heavy (non-hydrogen) atoms. The van der Waals surface area contributed by atoms with E-state index in [0.717, 1.165) is 0 Å². The van der Waals surface area contributed by atoms with Gasteiger partial charge in [0.1, 0.15) is 6.07 Å². The molecule has 0 N–H and O–H groups in total. The number of halogens is 1. The Hall–Kier alpha value is -0.570. The lowest BCUT2D eigenvalue weighted by molar-refractivity contribution is 1.48. The van der Waals surface area contributed by atoms with E-state index >= 15 is 0 Å². The molecular formula is C8H9ClNP. The summed E-state index contributed by atoms with van der Waals surface area (Å²) in [5.74, 6) is 0. The minimum Gasteiger partial charge on any atom is -0.192 e. The van der Waals surface area contributed by atoms with Crippen molar-refractivity contribution in [2.45, 2.75) is 0 Å². The number of rotatable bonds is 0. The van der Waals surface area contributed by atoms with Crippen LogP contribution >= 0.6 is 20.8 Å². The summed E-state index contributed by atoms with van der Waals surface area (Å²) in [7, 11) is 2.42. The first-order valence-electron chi connectivity index (χ1n) is 3.07. The summed E-state index contributed by atoms with van der Waals surface area (Å²) in [5.41, 5.74) is 0.527. The van der Waals surface area contributed by atoms with Crippen molar-refractivity contribution >= 4 is 20.8 Å². The molecule has 58 valence electrons. The maximum atomic E-state index is 8.38. The van der Waals surface area contributed by atoms with Crippen LogP contribution in [0.3, 0.4) is 0 Å². The smallest absolute Gasteiger partial charge is 0.101 e. The standard InChI is InChI=1S/C7H4ClN.CH5P/c8-7-4-2-1-3-6(7)5-9;1-2/h1-4H;2H2,1H3. The van der Waals surface area contributed by atoms with Crippen LogP contribution in [0.2, 0.25) is 5.02 Å². The maximum Gasteiger partial charge on any atom is 0.101 e. The Morgan fingerprint density at radius 3 is 2.27 bits per heavy atom. The summed E-state index contributed by atoms with van der Waals surface area (Å²) in [6, 6.07) is 8.92. The third-order valence-corrected chi connectivity index (χ3v) is 1.32. The van der Waals surface area contributed by atoms with Crippen molar-refractivity contribution in [3.63, 3.8) is 0 Å². The highest BCUT2D eigenvalue weighted by molar-refractivity contribution is 7.15. The van der Waals surface area contributed by atoms with Gasteiger partial charge >= 0.3 is 0 Å². The fourth-order valence-corrected chi connectivity index (χ4v) is 0.730. The molecule has 1 rings (SSSR count). The largest absolute Gasteiger partial charge is 0.192 e. The Morgan fingerprint density at radius 1 is 1.36 bits per heavy atom. The second-order valence-corrected chi connectivity index (χ2v) is 2.00. The molecule has 1 nitrogen and oxygen atoms in total. The molecule has 0 aliphatic heterocycles. The molecule has 0 saturated heterocycles. The summed E-state index contributed by atoms with van der Waals surface area (Å²) in [4.78, 5) is 0. The highest BCUT2D eigenvalue weighted by atomic mass is 35.5. The molecular weight excluding hydrogens is 177 g/mol. The third kappa shape index (κ3) is 3.37. The van der Waals surface area contributed by atoms with Crippen molar-refractivity contribution < 1.29 is 0 Å². The zero-order chi connectivity index (χ0) is 8.69. The summed E-state index contributed by atoms with van der Waals surface area (Å²) in [5, 5.41) is 8.90. The molecule has 0 heterocycles. The second kappa shape index (κ2) is 6.16. The van der Waals surface area contributed by atoms with Crippen molar-refractivity contribution in [1.82, 2.24) is 0 Å². The molecule has 0 saturated carbocycles. The van der Waals surface area contributed by atoms with Crippen molar-refractivity contribution in [3.05, 3.63) is 34.9 Å². The molecule has 1 unspecified atom stereocenters. The molecule has 0 bridgehead atoms. The van der Waals surface area contributed by atoms with Gasteiger partial charge in [0.25, 0.3) is 0 Å². The average molecular weight is 186 g/mol. The molecule has 0 aliphatic rings. The minimum absolute atomic E-state index is 0.514. The molecule has 0 radical (unpaired) electrons. The normalized spacial score (nSPS) is 7.45. The first-order chi connectivity index (χ1) is 5.34. The summed E-state index contributed by atoms with van der Waals surface area (Å²) in [6.07, 6.45) is 0. The van der Waals surface area contributed by atoms with Crippen LogP contribution < -0.4 is 0 Å². The Bertz CT molecular complexity index is 255. The van der Waals surface area contributed by atoms with Gasteiger partial charge in [-0.15, -0.1) is 9.24 Å². The highest BCUT2D eigenvalue weighted by Crippen LogP contribution is 2.12. The highest BCUT2D eigenvalue weighted by Gasteiger charge is 1.92. The van der Waals surface area contributed by atoms with E-state index in [-0.39, 0.29) is 0 Å². The van der Waals surface area contributed by atoms with Gasteiger partial charge < -0.3 is 0 Å². The van der Waals surface area contributed by atoms with E-state index in [1.165, 1.54) is 0 Å². The zero-order valence-corrected chi connectivity index (χ0v) is 8.12. The SMILES string of the molecule is CP.N#Cc1ccccc1Cl. The van der Waals surface area contributed by atoms with Gasteiger partial charge in [-0.3, -0.25) is 0 Å². The van der Waals surface area contributed by atoms with Crippen molar-refractivity contribution in [2.75, 3.05) is 6.66 Å². The molecule has 1 aromatic rings. The fraction of sp³-hybridized carbons (Fsp3) is 0.125. The number of benzene rings is 1. The quantitative estimate of drug-likeness (QED) is 0.570. The predicted molar refractivity (Wildman–Crippen MR) is 51.8 cm³/mol. The first-order valence-corrected chi connectivity index (χ1v) is 4.60. The van der Waals surface area contributed by atoms with E-state index in [1.54, 1.807) is 24.3 Å². The Balaban J connectivity index is 0.000000461. The second-order valence-electron chi connectivity index (χ2n) is 1.59. The summed E-state index contributed by atoms with van der Waals surface area (Å²) >= 11 is 5.60. The van der Waals surface area contributed by atoms with E-state index in [1.807, 2.05) is 12.7 Å². The maximum absolute atomic E-state index is 8.38. The summed E-state index contributed by atoms with van der Waals surface area (Å²) in [6.45, 7) is 1.92. The molecule has 0 aromatic heterocycles. The Labute approximate surface area is 74.2 Å². The van der Waals surface area contributed by atoms with Gasteiger partial charge in [-0.1, -0.05) is 30.4 Å².